The van der Waals surface area contributed by atoms with Gasteiger partial charge in [-0.05, 0) is 79.9 Å². The zero-order valence-electron chi connectivity index (χ0n) is 12.0. The summed E-state index contributed by atoms with van der Waals surface area (Å²) in [5, 5.41) is 3.35. The molecule has 2 atom stereocenters. The largest absolute Gasteiger partial charge is 0.453 e. The van der Waals surface area contributed by atoms with E-state index in [2.05, 4.69) is 39.1 Å². The van der Waals surface area contributed by atoms with Crippen LogP contribution in [-0.4, -0.2) is 31.6 Å². The Morgan fingerprint density at radius 3 is 2.89 bits per heavy atom. The van der Waals surface area contributed by atoms with Crippen molar-refractivity contribution >= 4 is 15.9 Å². The van der Waals surface area contributed by atoms with Crippen LogP contribution in [-0.2, 0) is 0 Å². The van der Waals surface area contributed by atoms with Crippen molar-refractivity contribution < 1.29 is 4.42 Å². The van der Waals surface area contributed by atoms with Crippen LogP contribution in [0.2, 0.25) is 0 Å². The molecule has 1 aromatic rings. The average molecular weight is 329 g/mol. The van der Waals surface area contributed by atoms with Gasteiger partial charge in [-0.25, -0.2) is 0 Å². The number of halogens is 1. The summed E-state index contributed by atoms with van der Waals surface area (Å²) in [6.45, 7) is 5.66. The molecule has 1 N–H and O–H groups in total. The number of hydrogen-bond acceptors (Lipinski definition) is 3. The van der Waals surface area contributed by atoms with Gasteiger partial charge in [0.25, 0.3) is 0 Å². The number of rotatable bonds is 5. The highest BCUT2D eigenvalue weighted by molar-refractivity contribution is 9.10. The summed E-state index contributed by atoms with van der Waals surface area (Å²) in [6.07, 6.45) is 5.11. The third kappa shape index (κ3) is 3.83. The van der Waals surface area contributed by atoms with E-state index in [0.29, 0.717) is 12.0 Å². The van der Waals surface area contributed by atoms with E-state index in [-0.39, 0.29) is 0 Å². The van der Waals surface area contributed by atoms with Gasteiger partial charge in [-0.2, -0.15) is 0 Å². The fraction of sp³-hybridized carbons (Fsp3) is 0.733. The molecule has 2 rings (SSSR count). The number of likely N-dealkylation sites (tertiary alicyclic amines) is 1. The first-order valence-electron chi connectivity index (χ1n) is 7.40. The van der Waals surface area contributed by atoms with Crippen LogP contribution in [0.4, 0.5) is 0 Å². The molecule has 0 aliphatic carbocycles. The topological polar surface area (TPSA) is 28.4 Å². The molecule has 0 bridgehead atoms. The van der Waals surface area contributed by atoms with Gasteiger partial charge in [0.2, 0.25) is 0 Å². The van der Waals surface area contributed by atoms with Crippen molar-refractivity contribution in [1.82, 2.24) is 10.2 Å². The monoisotopic (exact) mass is 328 g/mol. The first-order valence-corrected chi connectivity index (χ1v) is 8.19. The first kappa shape index (κ1) is 15.1. The molecule has 1 aliphatic rings. The van der Waals surface area contributed by atoms with Crippen LogP contribution < -0.4 is 5.32 Å². The van der Waals surface area contributed by atoms with Gasteiger partial charge in [-0.1, -0.05) is 13.3 Å². The second-order valence-electron chi connectivity index (χ2n) is 5.44. The number of nitrogens with zero attached hydrogens (tertiary/aromatic N) is 1. The molecule has 2 heterocycles. The summed E-state index contributed by atoms with van der Waals surface area (Å²) in [6, 6.07) is 4.56. The van der Waals surface area contributed by atoms with Crippen molar-refractivity contribution in [2.75, 3.05) is 26.7 Å². The van der Waals surface area contributed by atoms with E-state index in [1.54, 1.807) is 0 Å². The maximum absolute atomic E-state index is 5.88. The summed E-state index contributed by atoms with van der Waals surface area (Å²) in [5.41, 5.74) is 0. The molecule has 0 amide bonds. The van der Waals surface area contributed by atoms with Crippen LogP contribution in [0, 0.1) is 5.92 Å². The van der Waals surface area contributed by atoms with Crippen LogP contribution in [0.15, 0.2) is 21.2 Å². The average Bonchev–Trinajstić information content (AvgIpc) is 2.71. The van der Waals surface area contributed by atoms with E-state index in [0.717, 1.165) is 23.5 Å². The van der Waals surface area contributed by atoms with E-state index >= 15 is 0 Å². The first-order chi connectivity index (χ1) is 9.26. The lowest BCUT2D eigenvalue weighted by molar-refractivity contribution is 0.132. The lowest BCUT2D eigenvalue weighted by Crippen LogP contribution is -2.36. The lowest BCUT2D eigenvalue weighted by Gasteiger charge is -2.33. The van der Waals surface area contributed by atoms with E-state index < -0.39 is 0 Å². The maximum atomic E-state index is 5.88. The predicted molar refractivity (Wildman–Crippen MR) is 82.3 cm³/mol. The minimum absolute atomic E-state index is 0.418. The normalized spacial score (nSPS) is 25.4. The quantitative estimate of drug-likeness (QED) is 0.890. The van der Waals surface area contributed by atoms with Crippen molar-refractivity contribution in [2.45, 2.75) is 38.6 Å². The Balaban J connectivity index is 2.25. The highest BCUT2D eigenvalue weighted by Crippen LogP contribution is 2.36. The molecule has 0 radical (unpaired) electrons. The molecule has 1 fully saturated rings. The third-order valence-corrected chi connectivity index (χ3v) is 4.40. The molecule has 0 spiro atoms. The molecule has 0 aromatic carbocycles. The van der Waals surface area contributed by atoms with Gasteiger partial charge >= 0.3 is 0 Å². The van der Waals surface area contributed by atoms with Crippen LogP contribution in [0.25, 0.3) is 0 Å². The van der Waals surface area contributed by atoms with Crippen LogP contribution in [0.3, 0.4) is 0 Å². The highest BCUT2D eigenvalue weighted by atomic mass is 79.9. The zero-order chi connectivity index (χ0) is 13.7. The maximum Gasteiger partial charge on any atom is 0.169 e. The smallest absolute Gasteiger partial charge is 0.169 e. The van der Waals surface area contributed by atoms with Crippen molar-refractivity contribution in [3.05, 3.63) is 22.6 Å². The standard InChI is InChI=1S/C15H25BrN2O/c1-3-9-18-10-5-4-6-12(11-17-2)15(18)13-7-8-14(16)19-13/h7-8,12,15,17H,3-6,9-11H2,1-2H3. The van der Waals surface area contributed by atoms with Gasteiger partial charge in [-0.15, -0.1) is 0 Å². The van der Waals surface area contributed by atoms with E-state index in [9.17, 15) is 0 Å². The molecule has 4 heteroatoms. The lowest BCUT2D eigenvalue weighted by atomic mass is 9.92. The molecule has 1 saturated heterocycles. The molecule has 1 aliphatic heterocycles. The van der Waals surface area contributed by atoms with Crippen molar-refractivity contribution in [2.24, 2.45) is 5.92 Å². The number of nitrogens with one attached hydrogen (secondary N) is 1. The van der Waals surface area contributed by atoms with Gasteiger partial charge in [0, 0.05) is 0 Å². The Kier molecular flexibility index (Phi) is 5.92. The summed E-state index contributed by atoms with van der Waals surface area (Å²) < 4.78 is 6.72. The summed E-state index contributed by atoms with van der Waals surface area (Å²) in [4.78, 5) is 2.61. The van der Waals surface area contributed by atoms with Crippen molar-refractivity contribution in [3.63, 3.8) is 0 Å². The van der Waals surface area contributed by atoms with Gasteiger partial charge in [0.15, 0.2) is 4.67 Å². The van der Waals surface area contributed by atoms with E-state index in [1.807, 2.05) is 13.1 Å². The SMILES string of the molecule is CCCN1CCCCC(CNC)C1c1ccc(Br)o1. The molecular formula is C15H25BrN2O. The Hall–Kier alpha value is -0.320. The van der Waals surface area contributed by atoms with Crippen molar-refractivity contribution in [1.29, 1.82) is 0 Å². The Labute approximate surface area is 124 Å². The Bertz CT molecular complexity index is 364. The summed E-state index contributed by atoms with van der Waals surface area (Å²) >= 11 is 3.44. The van der Waals surface area contributed by atoms with Gasteiger partial charge in [0.05, 0.1) is 6.04 Å². The number of hydrogen-bond donors (Lipinski definition) is 1. The fourth-order valence-electron chi connectivity index (χ4n) is 3.23. The molecule has 19 heavy (non-hydrogen) atoms. The van der Waals surface area contributed by atoms with Crippen molar-refractivity contribution in [3.8, 4) is 0 Å². The summed E-state index contributed by atoms with van der Waals surface area (Å²) in [5.74, 6) is 1.75. The zero-order valence-corrected chi connectivity index (χ0v) is 13.6. The van der Waals surface area contributed by atoms with Gasteiger partial charge in [0.1, 0.15) is 5.76 Å². The highest BCUT2D eigenvalue weighted by Gasteiger charge is 2.32. The molecule has 108 valence electrons. The molecule has 2 unspecified atom stereocenters. The Morgan fingerprint density at radius 1 is 1.42 bits per heavy atom. The van der Waals surface area contributed by atoms with Crippen LogP contribution in [0.5, 0.6) is 0 Å². The minimum Gasteiger partial charge on any atom is -0.453 e. The van der Waals surface area contributed by atoms with Gasteiger partial charge in [-0.3, -0.25) is 4.90 Å². The second kappa shape index (κ2) is 7.46. The van der Waals surface area contributed by atoms with Crippen LogP contribution >= 0.6 is 15.9 Å². The van der Waals surface area contributed by atoms with Crippen LogP contribution in [0.1, 0.15) is 44.4 Å². The minimum atomic E-state index is 0.418. The predicted octanol–water partition coefficient (Wildman–Crippen LogP) is 3.81. The molecular weight excluding hydrogens is 304 g/mol. The van der Waals surface area contributed by atoms with E-state index in [1.165, 1.54) is 32.2 Å². The Morgan fingerprint density at radius 2 is 2.26 bits per heavy atom. The fourth-order valence-corrected chi connectivity index (χ4v) is 3.55. The molecule has 0 saturated carbocycles. The second-order valence-corrected chi connectivity index (χ2v) is 6.22. The third-order valence-electron chi connectivity index (χ3n) is 3.97. The molecule has 3 nitrogen and oxygen atoms in total. The molecule has 1 aromatic heterocycles. The van der Waals surface area contributed by atoms with Gasteiger partial charge < -0.3 is 9.73 Å². The number of furan rings is 1. The van der Waals surface area contributed by atoms with E-state index in [4.69, 9.17) is 4.42 Å². The summed E-state index contributed by atoms with van der Waals surface area (Å²) in [7, 11) is 2.05.